The predicted molar refractivity (Wildman–Crippen MR) is 132 cm³/mol. The molecule has 1 N–H and O–H groups in total. The lowest BCUT2D eigenvalue weighted by Gasteiger charge is -2.29. The lowest BCUT2D eigenvalue weighted by molar-refractivity contribution is -0.136. The van der Waals surface area contributed by atoms with Crippen LogP contribution in [0, 0.1) is 11.7 Å². The summed E-state index contributed by atoms with van der Waals surface area (Å²) >= 11 is 5.87. The second kappa shape index (κ2) is 8.60. The molecule has 0 bridgehead atoms. The summed E-state index contributed by atoms with van der Waals surface area (Å²) in [6, 6.07) is 15.6. The van der Waals surface area contributed by atoms with Crippen LogP contribution in [0.1, 0.15) is 17.7 Å². The number of aromatic amines is 1. The van der Waals surface area contributed by atoms with Gasteiger partial charge in [0.1, 0.15) is 5.82 Å². The lowest BCUT2D eigenvalue weighted by atomic mass is 10.0. The van der Waals surface area contributed by atoms with E-state index < -0.39 is 11.7 Å². The van der Waals surface area contributed by atoms with Gasteiger partial charge >= 0.3 is 0 Å². The van der Waals surface area contributed by atoms with E-state index in [1.165, 1.54) is 27.6 Å². The summed E-state index contributed by atoms with van der Waals surface area (Å²) in [6.45, 7) is 0.767. The normalized spacial score (nSPS) is 17.6. The Hall–Kier alpha value is -3.98. The van der Waals surface area contributed by atoms with Crippen molar-refractivity contribution >= 4 is 34.7 Å². The molecule has 6 rings (SSSR count). The lowest BCUT2D eigenvalue weighted by Crippen LogP contribution is -2.43. The van der Waals surface area contributed by atoms with Crippen LogP contribution in [-0.4, -0.2) is 44.4 Å². The molecule has 0 saturated carbocycles. The zero-order chi connectivity index (χ0) is 25.0. The molecule has 2 aliphatic rings. The van der Waals surface area contributed by atoms with Crippen molar-refractivity contribution in [2.75, 3.05) is 18.0 Å². The summed E-state index contributed by atoms with van der Waals surface area (Å²) < 4.78 is 15.0. The SMILES string of the molecule is O=C([C@@H]1CC(=O)N(c2ccc(F)c(Cl)c2)C1)N1CCc2c(nc3cc(-c4ccccc4)[nH]n3c2=O)C1. The van der Waals surface area contributed by atoms with Crippen molar-refractivity contribution in [3.05, 3.63) is 87.0 Å². The van der Waals surface area contributed by atoms with Crippen molar-refractivity contribution in [1.82, 2.24) is 19.5 Å². The van der Waals surface area contributed by atoms with Crippen LogP contribution in [0.5, 0.6) is 0 Å². The highest BCUT2D eigenvalue weighted by Gasteiger charge is 2.38. The third kappa shape index (κ3) is 3.76. The average Bonchev–Trinajstić information content (AvgIpc) is 3.49. The highest BCUT2D eigenvalue weighted by Crippen LogP contribution is 2.30. The van der Waals surface area contributed by atoms with Crippen molar-refractivity contribution in [2.45, 2.75) is 19.4 Å². The van der Waals surface area contributed by atoms with E-state index in [4.69, 9.17) is 11.6 Å². The van der Waals surface area contributed by atoms with Gasteiger partial charge in [0.15, 0.2) is 5.65 Å². The Kier molecular flexibility index (Phi) is 5.37. The number of carbonyl (C=O) groups is 2. The number of carbonyl (C=O) groups excluding carboxylic acids is 2. The fourth-order valence-electron chi connectivity index (χ4n) is 4.98. The number of anilines is 1. The van der Waals surface area contributed by atoms with Gasteiger partial charge in [0.25, 0.3) is 5.56 Å². The first kappa shape index (κ1) is 22.5. The standard InChI is InChI=1S/C26H21ClFN5O3/c27-19-11-17(6-7-20(19)28)32-13-16(10-24(32)34)25(35)31-9-8-18-22(14-31)29-23-12-21(30-33(23)26(18)36)15-4-2-1-3-5-15/h1-7,11-12,16,30H,8-10,13-14H2/t16-/m1/s1. The second-order valence-corrected chi connectivity index (χ2v) is 9.49. The van der Waals surface area contributed by atoms with Crippen LogP contribution in [0.25, 0.3) is 16.9 Å². The third-order valence-electron chi connectivity index (χ3n) is 6.85. The number of benzene rings is 2. The maximum absolute atomic E-state index is 13.5. The average molecular weight is 506 g/mol. The minimum absolute atomic E-state index is 0.0601. The first-order valence-corrected chi connectivity index (χ1v) is 12.0. The molecule has 1 atom stereocenters. The molecular weight excluding hydrogens is 485 g/mol. The summed E-state index contributed by atoms with van der Waals surface area (Å²) in [5, 5.41) is 3.05. The highest BCUT2D eigenvalue weighted by molar-refractivity contribution is 6.31. The van der Waals surface area contributed by atoms with Gasteiger partial charge in [0.05, 0.1) is 28.9 Å². The number of fused-ring (bicyclic) bond motifs is 2. The van der Waals surface area contributed by atoms with Crippen molar-refractivity contribution < 1.29 is 14.0 Å². The maximum Gasteiger partial charge on any atom is 0.276 e. The molecule has 8 nitrogen and oxygen atoms in total. The van der Waals surface area contributed by atoms with Gasteiger partial charge in [-0.15, -0.1) is 0 Å². The first-order chi connectivity index (χ1) is 17.4. The third-order valence-corrected chi connectivity index (χ3v) is 7.14. The molecule has 2 aromatic heterocycles. The smallest absolute Gasteiger partial charge is 0.276 e. The molecule has 4 heterocycles. The van der Waals surface area contributed by atoms with Gasteiger partial charge < -0.3 is 9.80 Å². The zero-order valence-electron chi connectivity index (χ0n) is 19.1. The number of nitrogens with one attached hydrogen (secondary N) is 1. The molecule has 0 spiro atoms. The van der Waals surface area contributed by atoms with Gasteiger partial charge in [-0.1, -0.05) is 41.9 Å². The van der Waals surface area contributed by atoms with Crippen molar-refractivity contribution in [2.24, 2.45) is 5.92 Å². The number of H-pyrrole nitrogens is 1. The molecule has 2 amide bonds. The van der Waals surface area contributed by atoms with E-state index in [0.29, 0.717) is 35.6 Å². The highest BCUT2D eigenvalue weighted by atomic mass is 35.5. The van der Waals surface area contributed by atoms with Crippen LogP contribution in [0.3, 0.4) is 0 Å². The summed E-state index contributed by atoms with van der Waals surface area (Å²) in [5.74, 6) is -1.48. The molecular formula is C26H21ClFN5O3. The molecule has 0 unspecified atom stereocenters. The topological polar surface area (TPSA) is 90.8 Å². The Labute approximate surface area is 209 Å². The van der Waals surface area contributed by atoms with Crippen LogP contribution >= 0.6 is 11.6 Å². The molecule has 10 heteroatoms. The summed E-state index contributed by atoms with van der Waals surface area (Å²) in [5.41, 5.74) is 3.66. The van der Waals surface area contributed by atoms with Crippen molar-refractivity contribution in [1.29, 1.82) is 0 Å². The van der Waals surface area contributed by atoms with Gasteiger partial charge in [0.2, 0.25) is 11.8 Å². The van der Waals surface area contributed by atoms with E-state index in [-0.39, 0.29) is 41.9 Å². The van der Waals surface area contributed by atoms with Crippen LogP contribution in [-0.2, 0) is 22.6 Å². The Morgan fingerprint density at radius 3 is 2.69 bits per heavy atom. The van der Waals surface area contributed by atoms with Gasteiger partial charge in [-0.25, -0.2) is 13.9 Å². The van der Waals surface area contributed by atoms with E-state index in [0.717, 1.165) is 11.3 Å². The Balaban J connectivity index is 1.23. The Bertz CT molecular complexity index is 1580. The summed E-state index contributed by atoms with van der Waals surface area (Å²) in [6.07, 6.45) is 0.443. The van der Waals surface area contributed by atoms with Crippen molar-refractivity contribution in [3.63, 3.8) is 0 Å². The molecule has 2 aromatic carbocycles. The van der Waals surface area contributed by atoms with E-state index in [2.05, 4.69) is 10.1 Å². The van der Waals surface area contributed by atoms with Crippen LogP contribution in [0.2, 0.25) is 5.02 Å². The van der Waals surface area contributed by atoms with E-state index in [1.807, 2.05) is 36.4 Å². The predicted octanol–water partition coefficient (Wildman–Crippen LogP) is 3.42. The minimum Gasteiger partial charge on any atom is -0.336 e. The Morgan fingerprint density at radius 2 is 1.92 bits per heavy atom. The quantitative estimate of drug-likeness (QED) is 0.462. The molecule has 2 aliphatic heterocycles. The molecule has 0 aliphatic carbocycles. The molecule has 182 valence electrons. The van der Waals surface area contributed by atoms with E-state index in [1.54, 1.807) is 4.90 Å². The number of hydrogen-bond acceptors (Lipinski definition) is 4. The molecule has 0 radical (unpaired) electrons. The fraction of sp³-hybridized carbons (Fsp3) is 0.231. The number of halogens is 2. The van der Waals surface area contributed by atoms with Crippen molar-refractivity contribution in [3.8, 4) is 11.3 Å². The number of nitrogens with zero attached hydrogens (tertiary/aromatic N) is 4. The zero-order valence-corrected chi connectivity index (χ0v) is 19.8. The van der Waals surface area contributed by atoms with E-state index >= 15 is 0 Å². The summed E-state index contributed by atoms with van der Waals surface area (Å²) in [4.78, 5) is 46.9. The minimum atomic E-state index is -0.567. The number of hydrogen-bond donors (Lipinski definition) is 1. The number of amides is 2. The molecule has 1 saturated heterocycles. The van der Waals surface area contributed by atoms with Crippen LogP contribution < -0.4 is 10.5 Å². The molecule has 4 aromatic rings. The molecule has 1 fully saturated rings. The monoisotopic (exact) mass is 505 g/mol. The first-order valence-electron chi connectivity index (χ1n) is 11.6. The van der Waals surface area contributed by atoms with Gasteiger partial charge in [-0.3, -0.25) is 19.5 Å². The largest absolute Gasteiger partial charge is 0.336 e. The molecule has 36 heavy (non-hydrogen) atoms. The number of rotatable bonds is 3. The second-order valence-electron chi connectivity index (χ2n) is 9.09. The van der Waals surface area contributed by atoms with Gasteiger partial charge in [-0.05, 0) is 30.2 Å². The van der Waals surface area contributed by atoms with Crippen LogP contribution in [0.15, 0.2) is 59.4 Å². The fourth-order valence-corrected chi connectivity index (χ4v) is 5.16. The van der Waals surface area contributed by atoms with Gasteiger partial charge in [0, 0.05) is 36.8 Å². The van der Waals surface area contributed by atoms with Crippen LogP contribution in [0.4, 0.5) is 10.1 Å². The Morgan fingerprint density at radius 1 is 1.11 bits per heavy atom. The van der Waals surface area contributed by atoms with E-state index in [9.17, 15) is 18.8 Å². The summed E-state index contributed by atoms with van der Waals surface area (Å²) in [7, 11) is 0. The number of aromatic nitrogens is 3. The van der Waals surface area contributed by atoms with Gasteiger partial charge in [-0.2, -0.15) is 0 Å². The maximum atomic E-state index is 13.5.